The number of ether oxygens (including phenoxy) is 2. The van der Waals surface area contributed by atoms with Gasteiger partial charge in [0.05, 0.1) is 18.5 Å². The largest absolute Gasteiger partial charge is 0.493 e. The third-order valence-corrected chi connectivity index (χ3v) is 5.25. The van der Waals surface area contributed by atoms with Gasteiger partial charge in [-0.2, -0.15) is 0 Å². The summed E-state index contributed by atoms with van der Waals surface area (Å²) in [6.45, 7) is 3.62. The average molecular weight is 381 g/mol. The highest BCUT2D eigenvalue weighted by molar-refractivity contribution is 5.81. The van der Waals surface area contributed by atoms with Gasteiger partial charge in [-0.1, -0.05) is 24.3 Å². The molecule has 4 rings (SSSR count). The molecule has 0 saturated carbocycles. The number of nitrogens with zero attached hydrogens (tertiary/aromatic N) is 2. The summed E-state index contributed by atoms with van der Waals surface area (Å²) < 4.78 is 11.7. The summed E-state index contributed by atoms with van der Waals surface area (Å²) in [5, 5.41) is 10.4. The number of aromatic amines is 1. The summed E-state index contributed by atoms with van der Waals surface area (Å²) in [5.74, 6) is 2.21. The molecule has 0 bridgehead atoms. The van der Waals surface area contributed by atoms with Crippen LogP contribution in [0.15, 0.2) is 54.9 Å². The van der Waals surface area contributed by atoms with E-state index in [1.165, 1.54) is 0 Å². The van der Waals surface area contributed by atoms with Gasteiger partial charge < -0.3 is 24.5 Å². The molecular weight excluding hydrogens is 354 g/mol. The summed E-state index contributed by atoms with van der Waals surface area (Å²) in [4.78, 5) is 9.65. The van der Waals surface area contributed by atoms with Gasteiger partial charge in [0.1, 0.15) is 29.7 Å². The summed E-state index contributed by atoms with van der Waals surface area (Å²) in [7, 11) is 0. The number of aliphatic hydroxyl groups excluding tert-OH is 1. The first kappa shape index (κ1) is 18.8. The Balaban J connectivity index is 1.18. The highest BCUT2D eigenvalue weighted by Gasteiger charge is 2.22. The Morgan fingerprint density at radius 3 is 2.71 bits per heavy atom. The highest BCUT2D eigenvalue weighted by Crippen LogP contribution is 2.23. The van der Waals surface area contributed by atoms with E-state index in [0.717, 1.165) is 49.3 Å². The van der Waals surface area contributed by atoms with Gasteiger partial charge >= 0.3 is 0 Å². The fourth-order valence-corrected chi connectivity index (χ4v) is 3.66. The molecule has 148 valence electrons. The second kappa shape index (κ2) is 9.08. The Bertz CT molecular complexity index is 860. The van der Waals surface area contributed by atoms with E-state index in [1.54, 1.807) is 6.33 Å². The summed E-state index contributed by atoms with van der Waals surface area (Å²) in [6, 6.07) is 15.7. The van der Waals surface area contributed by atoms with E-state index in [2.05, 4.69) is 14.9 Å². The normalized spacial score (nSPS) is 16.9. The average Bonchev–Trinajstić information content (AvgIpc) is 3.22. The molecule has 1 aromatic heterocycles. The van der Waals surface area contributed by atoms with Crippen LogP contribution in [0.3, 0.4) is 0 Å². The molecule has 6 heteroatoms. The van der Waals surface area contributed by atoms with Gasteiger partial charge in [-0.15, -0.1) is 0 Å². The van der Waals surface area contributed by atoms with Crippen molar-refractivity contribution in [2.45, 2.75) is 18.9 Å². The fraction of sp³-hybridized carbons (Fsp3) is 0.409. The molecule has 1 aliphatic rings. The number of benzene rings is 2. The first-order chi connectivity index (χ1) is 13.8. The zero-order chi connectivity index (χ0) is 19.2. The number of aliphatic hydroxyl groups is 1. The molecule has 0 radical (unpaired) electrons. The van der Waals surface area contributed by atoms with Crippen LogP contribution in [0.2, 0.25) is 0 Å². The molecule has 1 fully saturated rings. The molecule has 0 amide bonds. The Morgan fingerprint density at radius 1 is 1.07 bits per heavy atom. The zero-order valence-corrected chi connectivity index (χ0v) is 16.0. The third kappa shape index (κ3) is 4.82. The van der Waals surface area contributed by atoms with Crippen molar-refractivity contribution in [3.05, 3.63) is 54.9 Å². The van der Waals surface area contributed by atoms with Crippen molar-refractivity contribution in [2.24, 2.45) is 5.92 Å². The quantitative estimate of drug-likeness (QED) is 0.627. The van der Waals surface area contributed by atoms with Gasteiger partial charge in [0.15, 0.2) is 0 Å². The predicted octanol–water partition coefficient (Wildman–Crippen LogP) is 3.09. The second-order valence-electron chi connectivity index (χ2n) is 7.39. The number of fused-ring (bicyclic) bond motifs is 1. The lowest BCUT2D eigenvalue weighted by Gasteiger charge is -2.33. The lowest BCUT2D eigenvalue weighted by Crippen LogP contribution is -2.41. The lowest BCUT2D eigenvalue weighted by molar-refractivity contribution is 0.0506. The van der Waals surface area contributed by atoms with Crippen molar-refractivity contribution in [3.8, 4) is 11.5 Å². The number of likely N-dealkylation sites (tertiary alicyclic amines) is 1. The van der Waals surface area contributed by atoms with Gasteiger partial charge in [0.25, 0.3) is 0 Å². The number of piperidine rings is 1. The van der Waals surface area contributed by atoms with Crippen molar-refractivity contribution >= 4 is 11.0 Å². The van der Waals surface area contributed by atoms with Crippen LogP contribution in [0, 0.1) is 5.92 Å². The highest BCUT2D eigenvalue weighted by atomic mass is 16.5. The Morgan fingerprint density at radius 2 is 1.89 bits per heavy atom. The van der Waals surface area contributed by atoms with Gasteiger partial charge in [-0.3, -0.25) is 0 Å². The molecule has 2 aromatic carbocycles. The van der Waals surface area contributed by atoms with Crippen LogP contribution in [0.5, 0.6) is 11.5 Å². The van der Waals surface area contributed by atoms with Crippen molar-refractivity contribution in [1.29, 1.82) is 0 Å². The molecule has 3 aromatic rings. The number of imidazole rings is 1. The topological polar surface area (TPSA) is 70.6 Å². The number of rotatable bonds is 8. The monoisotopic (exact) mass is 381 g/mol. The second-order valence-corrected chi connectivity index (χ2v) is 7.39. The molecule has 0 spiro atoms. The van der Waals surface area contributed by atoms with Crippen molar-refractivity contribution in [2.75, 3.05) is 32.8 Å². The number of nitrogens with one attached hydrogen (secondary N) is 1. The fourth-order valence-electron chi connectivity index (χ4n) is 3.66. The molecule has 1 atom stereocenters. The molecule has 6 nitrogen and oxygen atoms in total. The van der Waals surface area contributed by atoms with Gasteiger partial charge in [0.2, 0.25) is 0 Å². The van der Waals surface area contributed by atoms with E-state index in [9.17, 15) is 5.11 Å². The molecule has 1 unspecified atom stereocenters. The molecule has 28 heavy (non-hydrogen) atoms. The van der Waals surface area contributed by atoms with Crippen LogP contribution >= 0.6 is 0 Å². The van der Waals surface area contributed by atoms with Crippen LogP contribution in [-0.4, -0.2) is 58.9 Å². The number of para-hydroxylation sites is 2. The lowest BCUT2D eigenvalue weighted by atomic mass is 9.97. The Labute approximate surface area is 165 Å². The van der Waals surface area contributed by atoms with E-state index < -0.39 is 6.10 Å². The van der Waals surface area contributed by atoms with E-state index in [-0.39, 0.29) is 6.61 Å². The SMILES string of the molecule is OC(COc1cccc2[nH]cnc12)CN1CCC(COc2ccccc2)CC1. The standard InChI is InChI=1S/C22H27N3O3/c26-18(15-28-21-8-4-7-20-22(21)24-16-23-20)13-25-11-9-17(10-12-25)14-27-19-5-2-1-3-6-19/h1-8,16-18,26H,9-15H2,(H,23,24). The zero-order valence-electron chi connectivity index (χ0n) is 16.0. The maximum Gasteiger partial charge on any atom is 0.147 e. The van der Waals surface area contributed by atoms with Crippen LogP contribution in [0.1, 0.15) is 12.8 Å². The van der Waals surface area contributed by atoms with Gasteiger partial charge in [-0.05, 0) is 56.1 Å². The minimum absolute atomic E-state index is 0.267. The number of H-pyrrole nitrogens is 1. The smallest absolute Gasteiger partial charge is 0.147 e. The first-order valence-electron chi connectivity index (χ1n) is 9.91. The van der Waals surface area contributed by atoms with E-state index in [0.29, 0.717) is 18.2 Å². The van der Waals surface area contributed by atoms with Crippen molar-refractivity contribution in [1.82, 2.24) is 14.9 Å². The third-order valence-electron chi connectivity index (χ3n) is 5.25. The minimum Gasteiger partial charge on any atom is -0.493 e. The van der Waals surface area contributed by atoms with Gasteiger partial charge in [-0.25, -0.2) is 4.98 Å². The maximum atomic E-state index is 10.4. The number of hydrogen-bond acceptors (Lipinski definition) is 5. The maximum absolute atomic E-state index is 10.4. The van der Waals surface area contributed by atoms with Crippen LogP contribution in [0.4, 0.5) is 0 Å². The number of aromatic nitrogens is 2. The predicted molar refractivity (Wildman–Crippen MR) is 109 cm³/mol. The molecule has 0 aliphatic carbocycles. The van der Waals surface area contributed by atoms with Crippen molar-refractivity contribution in [3.63, 3.8) is 0 Å². The number of hydrogen-bond donors (Lipinski definition) is 2. The van der Waals surface area contributed by atoms with Crippen LogP contribution in [0.25, 0.3) is 11.0 Å². The molecule has 2 N–H and O–H groups in total. The molecule has 1 aliphatic heterocycles. The summed E-state index contributed by atoms with van der Waals surface area (Å²) in [6.07, 6.45) is 3.31. The first-order valence-corrected chi connectivity index (χ1v) is 9.91. The van der Waals surface area contributed by atoms with E-state index >= 15 is 0 Å². The van der Waals surface area contributed by atoms with Gasteiger partial charge in [0, 0.05) is 6.54 Å². The molecule has 1 saturated heterocycles. The molecule has 2 heterocycles. The van der Waals surface area contributed by atoms with Crippen LogP contribution < -0.4 is 9.47 Å². The minimum atomic E-state index is -0.522. The van der Waals surface area contributed by atoms with E-state index in [4.69, 9.17) is 9.47 Å². The number of β-amino-alcohol motifs (C(OH)–C–C–N with tert-alkyl or cyclic N) is 1. The van der Waals surface area contributed by atoms with Crippen molar-refractivity contribution < 1.29 is 14.6 Å². The Hall–Kier alpha value is -2.57. The van der Waals surface area contributed by atoms with Crippen LogP contribution in [-0.2, 0) is 0 Å². The summed E-state index contributed by atoms with van der Waals surface area (Å²) in [5.41, 5.74) is 1.74. The Kier molecular flexibility index (Phi) is 6.09. The summed E-state index contributed by atoms with van der Waals surface area (Å²) >= 11 is 0. The molecular formula is C22H27N3O3. The van der Waals surface area contributed by atoms with E-state index in [1.807, 2.05) is 48.5 Å².